The van der Waals surface area contributed by atoms with Crippen molar-refractivity contribution >= 4 is 27.4 Å². The molecule has 0 aliphatic rings. The molecule has 0 fully saturated rings. The van der Waals surface area contributed by atoms with Gasteiger partial charge in [-0.3, -0.25) is 0 Å². The van der Waals surface area contributed by atoms with Gasteiger partial charge in [0.05, 0.1) is 15.5 Å². The third kappa shape index (κ3) is 3.85. The van der Waals surface area contributed by atoms with E-state index in [1.165, 1.54) is 18.2 Å². The highest BCUT2D eigenvalue weighted by atomic mass is 35.5. The molecule has 0 radical (unpaired) electrons. The molecule has 0 aliphatic carbocycles. The highest BCUT2D eigenvalue weighted by Gasteiger charge is 2.16. The number of sulfone groups is 1. The first-order valence-corrected chi connectivity index (χ1v) is 7.30. The van der Waals surface area contributed by atoms with Gasteiger partial charge in [0, 0.05) is 6.26 Å². The minimum atomic E-state index is -3.39. The van der Waals surface area contributed by atoms with E-state index in [0.29, 0.717) is 5.57 Å². The first kappa shape index (κ1) is 14.7. The lowest BCUT2D eigenvalue weighted by Gasteiger charge is -2.07. The Morgan fingerprint density at radius 3 is 2.56 bits per heavy atom. The Morgan fingerprint density at radius 2 is 2.06 bits per heavy atom. The van der Waals surface area contributed by atoms with Crippen molar-refractivity contribution in [1.82, 2.24) is 0 Å². The predicted octanol–water partition coefficient (Wildman–Crippen LogP) is 2.48. The van der Waals surface area contributed by atoms with Gasteiger partial charge in [0.1, 0.15) is 6.61 Å². The zero-order valence-electron chi connectivity index (χ0n) is 10.1. The number of halogens is 1. The molecule has 0 atom stereocenters. The first-order chi connectivity index (χ1) is 8.21. The zero-order chi connectivity index (χ0) is 13.9. The van der Waals surface area contributed by atoms with Crippen LogP contribution in [0.25, 0.3) is 0 Å². The van der Waals surface area contributed by atoms with Gasteiger partial charge in [0.2, 0.25) is 0 Å². The van der Waals surface area contributed by atoms with Gasteiger partial charge in [-0.25, -0.2) is 13.2 Å². The Kier molecular flexibility index (Phi) is 4.53. The van der Waals surface area contributed by atoms with Crippen LogP contribution >= 0.6 is 11.6 Å². The summed E-state index contributed by atoms with van der Waals surface area (Å²) < 4.78 is 27.7. The number of carbonyl (C=O) groups is 1. The van der Waals surface area contributed by atoms with Gasteiger partial charge < -0.3 is 4.74 Å². The molecule has 0 saturated carbocycles. The lowest BCUT2D eigenvalue weighted by atomic mass is 10.2. The van der Waals surface area contributed by atoms with Crippen molar-refractivity contribution in [2.45, 2.75) is 11.8 Å². The summed E-state index contributed by atoms with van der Waals surface area (Å²) in [6.07, 6.45) is 1.05. The lowest BCUT2D eigenvalue weighted by Crippen LogP contribution is -2.09. The van der Waals surface area contributed by atoms with Crippen LogP contribution in [-0.2, 0) is 14.6 Å². The average Bonchev–Trinajstić information content (AvgIpc) is 2.24. The van der Waals surface area contributed by atoms with Crippen molar-refractivity contribution in [2.75, 3.05) is 12.9 Å². The topological polar surface area (TPSA) is 60.4 Å². The molecule has 0 N–H and O–H groups in total. The minimum Gasteiger partial charge on any atom is -0.458 e. The number of carbonyl (C=O) groups excluding carboxylic acids is 1. The number of hydrogen-bond acceptors (Lipinski definition) is 4. The predicted molar refractivity (Wildman–Crippen MR) is 69.7 cm³/mol. The summed E-state index contributed by atoms with van der Waals surface area (Å²) in [4.78, 5) is 11.7. The quantitative estimate of drug-likeness (QED) is 0.631. The molecule has 0 aliphatic heterocycles. The smallest absolute Gasteiger partial charge is 0.340 e. The molecule has 0 amide bonds. The molecule has 0 aromatic heterocycles. The van der Waals surface area contributed by atoms with Crippen molar-refractivity contribution in [1.29, 1.82) is 0 Å². The molecule has 0 bridgehead atoms. The molecule has 0 saturated heterocycles. The second-order valence-corrected chi connectivity index (χ2v) is 6.37. The average molecular weight is 289 g/mol. The van der Waals surface area contributed by atoms with E-state index in [1.54, 1.807) is 6.92 Å². The zero-order valence-corrected chi connectivity index (χ0v) is 11.6. The summed E-state index contributed by atoms with van der Waals surface area (Å²) in [6.45, 7) is 5.37. The maximum atomic E-state index is 11.7. The molecular weight excluding hydrogens is 276 g/mol. The van der Waals surface area contributed by atoms with Crippen LogP contribution in [0.4, 0.5) is 0 Å². The number of benzene rings is 1. The van der Waals surface area contributed by atoms with Crippen molar-refractivity contribution in [3.8, 4) is 0 Å². The van der Waals surface area contributed by atoms with Crippen LogP contribution in [0.1, 0.15) is 17.3 Å². The molecule has 0 unspecified atom stereocenters. The normalized spacial score (nSPS) is 11.1. The van der Waals surface area contributed by atoms with E-state index < -0.39 is 15.8 Å². The standard InChI is InChI=1S/C12H13ClO4S/c1-8(2)7-17-12(14)10-6-9(18(3,15)16)4-5-11(10)13/h4-6H,1,7H2,2-3H3. The van der Waals surface area contributed by atoms with E-state index in [4.69, 9.17) is 16.3 Å². The van der Waals surface area contributed by atoms with Gasteiger partial charge in [-0.2, -0.15) is 0 Å². The second kappa shape index (κ2) is 5.54. The summed E-state index contributed by atoms with van der Waals surface area (Å²) in [5.41, 5.74) is 0.708. The van der Waals surface area contributed by atoms with Gasteiger partial charge in [0.25, 0.3) is 0 Å². The Bertz CT molecular complexity index is 590. The van der Waals surface area contributed by atoms with Crippen molar-refractivity contribution in [2.24, 2.45) is 0 Å². The number of ether oxygens (including phenoxy) is 1. The van der Waals surface area contributed by atoms with Crippen LogP contribution in [0.3, 0.4) is 0 Å². The fourth-order valence-electron chi connectivity index (χ4n) is 1.16. The van der Waals surface area contributed by atoms with Crippen molar-refractivity contribution in [3.05, 3.63) is 40.9 Å². The molecule has 18 heavy (non-hydrogen) atoms. The second-order valence-electron chi connectivity index (χ2n) is 3.95. The monoisotopic (exact) mass is 288 g/mol. The first-order valence-electron chi connectivity index (χ1n) is 5.03. The highest BCUT2D eigenvalue weighted by Crippen LogP contribution is 2.21. The van der Waals surface area contributed by atoms with E-state index in [1.807, 2.05) is 0 Å². The van der Waals surface area contributed by atoms with Crippen LogP contribution in [-0.4, -0.2) is 27.2 Å². The fourth-order valence-corrected chi connectivity index (χ4v) is 2.00. The molecule has 0 heterocycles. The molecule has 1 aromatic rings. The van der Waals surface area contributed by atoms with Gasteiger partial charge in [-0.1, -0.05) is 18.2 Å². The van der Waals surface area contributed by atoms with E-state index in [9.17, 15) is 13.2 Å². The van der Waals surface area contributed by atoms with Crippen LogP contribution < -0.4 is 0 Å². The molecule has 4 nitrogen and oxygen atoms in total. The summed E-state index contributed by atoms with van der Waals surface area (Å²) in [7, 11) is -3.39. The Labute approximate surface area is 111 Å². The third-order valence-corrected chi connectivity index (χ3v) is 3.48. The molecule has 98 valence electrons. The van der Waals surface area contributed by atoms with Crippen LogP contribution in [0.5, 0.6) is 0 Å². The van der Waals surface area contributed by atoms with Crippen LogP contribution in [0.15, 0.2) is 35.2 Å². The van der Waals surface area contributed by atoms with E-state index in [0.717, 1.165) is 6.26 Å². The summed E-state index contributed by atoms with van der Waals surface area (Å²) in [6, 6.07) is 3.90. The fraction of sp³-hybridized carbons (Fsp3) is 0.250. The van der Waals surface area contributed by atoms with Gasteiger partial charge in [-0.15, -0.1) is 0 Å². The van der Waals surface area contributed by atoms with E-state index in [2.05, 4.69) is 6.58 Å². The SMILES string of the molecule is C=C(C)COC(=O)c1cc(S(C)(=O)=O)ccc1Cl. The lowest BCUT2D eigenvalue weighted by molar-refractivity contribution is 0.0540. The summed E-state index contributed by atoms with van der Waals surface area (Å²) >= 11 is 5.84. The molecule has 6 heteroatoms. The van der Waals surface area contributed by atoms with Gasteiger partial charge in [0.15, 0.2) is 9.84 Å². The molecule has 1 aromatic carbocycles. The summed E-state index contributed by atoms with van der Waals surface area (Å²) in [5.74, 6) is -0.673. The van der Waals surface area contributed by atoms with Crippen molar-refractivity contribution in [3.63, 3.8) is 0 Å². The van der Waals surface area contributed by atoms with E-state index >= 15 is 0 Å². The highest BCUT2D eigenvalue weighted by molar-refractivity contribution is 7.90. The molecular formula is C12H13ClO4S. The molecule has 1 rings (SSSR count). The number of hydrogen-bond donors (Lipinski definition) is 0. The number of esters is 1. The summed E-state index contributed by atoms with van der Waals surface area (Å²) in [5, 5.41) is 0.147. The minimum absolute atomic E-state index is 0.0224. The van der Waals surface area contributed by atoms with Gasteiger partial charge >= 0.3 is 5.97 Å². The van der Waals surface area contributed by atoms with Crippen LogP contribution in [0.2, 0.25) is 5.02 Å². The van der Waals surface area contributed by atoms with E-state index in [-0.39, 0.29) is 22.1 Å². The Balaban J connectivity index is 3.08. The maximum Gasteiger partial charge on any atom is 0.340 e. The Hall–Kier alpha value is -1.33. The van der Waals surface area contributed by atoms with Gasteiger partial charge in [-0.05, 0) is 30.7 Å². The maximum absolute atomic E-state index is 11.7. The Morgan fingerprint density at radius 1 is 1.44 bits per heavy atom. The van der Waals surface area contributed by atoms with Crippen molar-refractivity contribution < 1.29 is 17.9 Å². The third-order valence-electron chi connectivity index (χ3n) is 2.04. The largest absolute Gasteiger partial charge is 0.458 e. The van der Waals surface area contributed by atoms with Crippen LogP contribution in [0, 0.1) is 0 Å². The molecule has 0 spiro atoms. The number of rotatable bonds is 4.